The van der Waals surface area contributed by atoms with Crippen LogP contribution in [0.3, 0.4) is 0 Å². The van der Waals surface area contributed by atoms with Crippen LogP contribution in [0.1, 0.15) is 21.6 Å². The lowest BCUT2D eigenvalue weighted by Crippen LogP contribution is -2.09. The number of hydrogen-bond acceptors (Lipinski definition) is 6. The molecule has 224 valence electrons. The van der Waals surface area contributed by atoms with Crippen LogP contribution >= 0.6 is 11.3 Å². The summed E-state index contributed by atoms with van der Waals surface area (Å²) in [4.78, 5) is 16.4. The highest BCUT2D eigenvalue weighted by molar-refractivity contribution is 7.20. The predicted molar refractivity (Wildman–Crippen MR) is 196 cm³/mol. The van der Waals surface area contributed by atoms with Gasteiger partial charge in [0.25, 0.3) is 0 Å². The van der Waals surface area contributed by atoms with E-state index in [1.165, 1.54) is 26.1 Å². The Hall–Kier alpha value is -6.29. The summed E-state index contributed by atoms with van der Waals surface area (Å²) >= 11 is 1.77. The molecule has 0 saturated carbocycles. The number of hydrogen-bond donors (Lipinski definition) is 1. The standard InChI is InChI=1S/C42H24N4OS/c1-3-10-25(11-4-1)40-44-41(26-12-5-2-6-13-26)46-42(45-40)32-19-18-30(29-15-9-17-36-37(29)31-14-7-8-16-35(31)48-36)39-38(32)33-22-28-24-43-21-20-27(28)23-34(33)47-39/h1-6,9-23,43H,24H2. The summed E-state index contributed by atoms with van der Waals surface area (Å²) in [6.07, 6.45) is 8.15. The molecule has 5 aromatic carbocycles. The molecule has 8 aromatic rings. The lowest BCUT2D eigenvalue weighted by Gasteiger charge is -2.13. The fourth-order valence-electron chi connectivity index (χ4n) is 6.83. The fraction of sp³-hybridized carbons (Fsp3) is 0.0238. The van der Waals surface area contributed by atoms with Crippen LogP contribution in [0.15, 0.2) is 125 Å². The Morgan fingerprint density at radius 2 is 1.40 bits per heavy atom. The zero-order valence-corrected chi connectivity index (χ0v) is 26.3. The highest BCUT2D eigenvalue weighted by Gasteiger charge is 2.24. The van der Waals surface area contributed by atoms with Crippen LogP contribution in [-0.2, 0) is 6.54 Å². The van der Waals surface area contributed by atoms with E-state index in [9.17, 15) is 0 Å². The van der Waals surface area contributed by atoms with Crippen LogP contribution < -0.4 is 5.32 Å². The van der Waals surface area contributed by atoms with Crippen LogP contribution in [-0.4, -0.2) is 15.0 Å². The number of rotatable bonds is 4. The van der Waals surface area contributed by atoms with E-state index in [4.69, 9.17) is 19.4 Å². The van der Waals surface area contributed by atoms with Gasteiger partial charge in [-0.05, 0) is 65.4 Å². The number of furan rings is 1. The first-order valence-corrected chi connectivity index (χ1v) is 16.6. The molecule has 10 rings (SSSR count). The maximum Gasteiger partial charge on any atom is 0.164 e. The average Bonchev–Trinajstić information content (AvgIpc) is 3.72. The highest BCUT2D eigenvalue weighted by atomic mass is 32.1. The van der Waals surface area contributed by atoms with Crippen LogP contribution in [0.4, 0.5) is 0 Å². The molecular formula is C42H24N4OS. The Morgan fingerprint density at radius 1 is 0.667 bits per heavy atom. The number of thiophene rings is 1. The molecule has 0 radical (unpaired) electrons. The van der Waals surface area contributed by atoms with E-state index in [2.05, 4.69) is 65.3 Å². The Balaban J connectivity index is 1.29. The van der Waals surface area contributed by atoms with Gasteiger partial charge in [0.1, 0.15) is 11.2 Å². The van der Waals surface area contributed by atoms with E-state index in [-0.39, 0.29) is 0 Å². The number of aromatic nitrogens is 3. The van der Waals surface area contributed by atoms with Crippen molar-refractivity contribution in [3.63, 3.8) is 0 Å². The Kier molecular flexibility index (Phi) is 5.95. The molecule has 1 aliphatic carbocycles. The summed E-state index contributed by atoms with van der Waals surface area (Å²) in [5.41, 5.74) is 16.4. The summed E-state index contributed by atoms with van der Waals surface area (Å²) in [7, 11) is 0. The van der Waals surface area contributed by atoms with Crippen LogP contribution in [0.25, 0.3) is 95.5 Å². The monoisotopic (exact) mass is 632 g/mol. The van der Waals surface area contributed by atoms with Gasteiger partial charge in [0.15, 0.2) is 17.5 Å². The van der Waals surface area contributed by atoms with Crippen LogP contribution in [0.5, 0.6) is 0 Å². The van der Waals surface area contributed by atoms with Crippen LogP contribution in [0.2, 0.25) is 0 Å². The zero-order valence-electron chi connectivity index (χ0n) is 25.5. The van der Waals surface area contributed by atoms with E-state index in [1.54, 1.807) is 11.3 Å². The minimum Gasteiger partial charge on any atom is -0.455 e. The maximum absolute atomic E-state index is 6.90. The second kappa shape index (κ2) is 10.6. The summed E-state index contributed by atoms with van der Waals surface area (Å²) in [5.74, 6) is 1.85. The van der Waals surface area contributed by atoms with E-state index < -0.39 is 0 Å². The van der Waals surface area contributed by atoms with Crippen molar-refractivity contribution < 1.29 is 4.42 Å². The first-order chi connectivity index (χ1) is 23.8. The van der Waals surface area contributed by atoms with Gasteiger partial charge in [-0.15, -0.1) is 11.3 Å². The Morgan fingerprint density at radius 3 is 2.19 bits per heavy atom. The molecule has 0 bridgehead atoms. The predicted octanol–water partition coefficient (Wildman–Crippen LogP) is 10.5. The largest absolute Gasteiger partial charge is 0.455 e. The Bertz CT molecular complexity index is 2690. The normalized spacial score (nSPS) is 12.9. The molecule has 6 heteroatoms. The quantitative estimate of drug-likeness (QED) is 0.196. The minimum atomic E-state index is 0.599. The van der Waals surface area contributed by atoms with Gasteiger partial charge in [0.2, 0.25) is 0 Å². The van der Waals surface area contributed by atoms with Gasteiger partial charge in [-0.3, -0.25) is 0 Å². The van der Waals surface area contributed by atoms with Crippen molar-refractivity contribution in [2.24, 2.45) is 0 Å². The van der Waals surface area contributed by atoms with E-state index in [0.717, 1.165) is 61.9 Å². The topological polar surface area (TPSA) is 63.8 Å². The molecule has 48 heavy (non-hydrogen) atoms. The first-order valence-electron chi connectivity index (χ1n) is 15.8. The van der Waals surface area contributed by atoms with Crippen molar-refractivity contribution in [1.29, 1.82) is 0 Å². The third-order valence-electron chi connectivity index (χ3n) is 9.07. The van der Waals surface area contributed by atoms with Gasteiger partial charge in [0, 0.05) is 66.2 Å². The van der Waals surface area contributed by atoms with Crippen molar-refractivity contribution in [3.8, 4) is 45.3 Å². The van der Waals surface area contributed by atoms with Crippen molar-refractivity contribution in [1.82, 2.24) is 20.3 Å². The number of nitrogens with one attached hydrogen (secondary N) is 1. The second-order valence-electron chi connectivity index (χ2n) is 11.9. The molecule has 0 atom stereocenters. The molecule has 0 saturated heterocycles. The zero-order chi connectivity index (χ0) is 31.6. The molecule has 1 N–H and O–H groups in total. The number of fused-ring (bicyclic) bond motifs is 7. The fourth-order valence-corrected chi connectivity index (χ4v) is 7.92. The lowest BCUT2D eigenvalue weighted by molar-refractivity contribution is 0.669. The second-order valence-corrected chi connectivity index (χ2v) is 13.0. The smallest absolute Gasteiger partial charge is 0.164 e. The molecule has 0 unspecified atom stereocenters. The van der Waals surface area contributed by atoms with Crippen molar-refractivity contribution in [3.05, 3.63) is 142 Å². The highest BCUT2D eigenvalue weighted by Crippen LogP contribution is 2.46. The van der Waals surface area contributed by atoms with Gasteiger partial charge in [-0.2, -0.15) is 0 Å². The van der Waals surface area contributed by atoms with Gasteiger partial charge < -0.3 is 9.73 Å². The molecule has 0 amide bonds. The van der Waals surface area contributed by atoms with E-state index in [0.29, 0.717) is 17.5 Å². The SMILES string of the molecule is C1=C=Cc2c(sc3cccc(-c4ccc(-c5nc(-c6ccccc6)nc(-c6ccccc6)n5)c5c4oc4cc6c(cc45)CNC=C6)c23)C=1. The third-order valence-corrected chi connectivity index (χ3v) is 10.2. The first kappa shape index (κ1) is 26.9. The van der Waals surface area contributed by atoms with Gasteiger partial charge in [-0.1, -0.05) is 84.3 Å². The molecule has 1 aliphatic heterocycles. The Labute approximate surface area is 279 Å². The summed E-state index contributed by atoms with van der Waals surface area (Å²) in [6.45, 7) is 0.749. The van der Waals surface area contributed by atoms with Crippen LogP contribution in [0, 0.1) is 0 Å². The van der Waals surface area contributed by atoms with Gasteiger partial charge in [0.05, 0.1) is 0 Å². The van der Waals surface area contributed by atoms with E-state index >= 15 is 0 Å². The third kappa shape index (κ3) is 4.22. The summed E-state index contributed by atoms with van der Waals surface area (Å²) in [5, 5.41) is 6.58. The molecule has 4 heterocycles. The van der Waals surface area contributed by atoms with E-state index in [1.807, 2.05) is 79.0 Å². The number of benzene rings is 5. The maximum atomic E-state index is 6.90. The molecule has 0 spiro atoms. The average molecular weight is 633 g/mol. The molecule has 3 aromatic heterocycles. The summed E-state index contributed by atoms with van der Waals surface area (Å²) < 4.78 is 8.11. The van der Waals surface area contributed by atoms with Crippen molar-refractivity contribution in [2.45, 2.75) is 6.54 Å². The van der Waals surface area contributed by atoms with Gasteiger partial charge >= 0.3 is 0 Å². The van der Waals surface area contributed by atoms with Crippen molar-refractivity contribution in [2.75, 3.05) is 0 Å². The van der Waals surface area contributed by atoms with Crippen molar-refractivity contribution >= 4 is 61.6 Å². The molecular weight excluding hydrogens is 609 g/mol. The van der Waals surface area contributed by atoms with Gasteiger partial charge in [-0.25, -0.2) is 15.0 Å². The molecule has 0 fully saturated rings. The summed E-state index contributed by atoms with van der Waals surface area (Å²) in [6, 6.07) is 35.4. The minimum absolute atomic E-state index is 0.599. The molecule has 5 nitrogen and oxygen atoms in total. The number of nitrogens with zero attached hydrogens (tertiary/aromatic N) is 3. The lowest BCUT2D eigenvalue weighted by atomic mass is 9.93. The molecule has 2 aliphatic rings.